The van der Waals surface area contributed by atoms with E-state index in [0.717, 1.165) is 31.6 Å². The van der Waals surface area contributed by atoms with Gasteiger partial charge >= 0.3 is 0 Å². The quantitative estimate of drug-likeness (QED) is 0.674. The Morgan fingerprint density at radius 3 is 2.57 bits per heavy atom. The molecule has 1 aromatic carbocycles. The lowest BCUT2D eigenvalue weighted by molar-refractivity contribution is 0.505. The van der Waals surface area contributed by atoms with Crippen molar-refractivity contribution in [3.63, 3.8) is 0 Å². The number of anilines is 2. The second-order valence-corrected chi connectivity index (χ2v) is 5.59. The molecule has 5 nitrogen and oxygen atoms in total. The number of nitrogens with one attached hydrogen (secondary N) is 1. The summed E-state index contributed by atoms with van der Waals surface area (Å²) >= 11 is 6.31. The Labute approximate surface area is 129 Å². The number of benzene rings is 1. The molecule has 0 saturated carbocycles. The van der Waals surface area contributed by atoms with E-state index in [0.29, 0.717) is 16.8 Å². The van der Waals surface area contributed by atoms with E-state index in [1.165, 1.54) is 5.56 Å². The lowest BCUT2D eigenvalue weighted by Gasteiger charge is -2.34. The summed E-state index contributed by atoms with van der Waals surface area (Å²) in [5.74, 6) is 6.42. The fourth-order valence-electron chi connectivity index (χ4n) is 2.85. The van der Waals surface area contributed by atoms with Crippen molar-refractivity contribution in [2.24, 2.45) is 5.84 Å². The van der Waals surface area contributed by atoms with Crippen LogP contribution in [0.25, 0.3) is 0 Å². The number of rotatable bonds is 3. The van der Waals surface area contributed by atoms with E-state index in [4.69, 9.17) is 17.4 Å². The molecule has 0 unspecified atom stereocenters. The van der Waals surface area contributed by atoms with E-state index in [1.807, 2.05) is 0 Å². The first kappa shape index (κ1) is 14.1. The summed E-state index contributed by atoms with van der Waals surface area (Å²) in [4.78, 5) is 2.25. The van der Waals surface area contributed by atoms with Crippen molar-refractivity contribution in [3.8, 4) is 0 Å². The molecule has 1 fully saturated rings. The van der Waals surface area contributed by atoms with Crippen molar-refractivity contribution in [3.05, 3.63) is 47.1 Å². The highest BCUT2D eigenvalue weighted by atomic mass is 35.5. The number of hydrogen-bond acceptors (Lipinski definition) is 5. The minimum absolute atomic E-state index is 0.416. The number of aromatic nitrogens is 2. The average molecular weight is 304 g/mol. The number of nitrogen functional groups attached to an aromatic ring is 1. The zero-order valence-electron chi connectivity index (χ0n) is 11.7. The van der Waals surface area contributed by atoms with Gasteiger partial charge in [-0.15, -0.1) is 5.10 Å². The molecule has 0 aliphatic carbocycles. The Kier molecular flexibility index (Phi) is 4.22. The zero-order valence-corrected chi connectivity index (χ0v) is 12.4. The van der Waals surface area contributed by atoms with Crippen LogP contribution in [0.1, 0.15) is 24.3 Å². The van der Waals surface area contributed by atoms with Crippen LogP contribution in [0, 0.1) is 0 Å². The van der Waals surface area contributed by atoms with Crippen LogP contribution in [0.2, 0.25) is 5.02 Å². The molecule has 110 valence electrons. The molecular weight excluding hydrogens is 286 g/mol. The third-order valence-electron chi connectivity index (χ3n) is 4.01. The monoisotopic (exact) mass is 303 g/mol. The first-order valence-electron chi connectivity index (χ1n) is 7.07. The van der Waals surface area contributed by atoms with E-state index in [9.17, 15) is 0 Å². The maximum atomic E-state index is 6.31. The SMILES string of the molecule is NNc1nncc(N2CCC(c3ccccc3)CC2)c1Cl. The van der Waals surface area contributed by atoms with Crippen LogP contribution in [-0.4, -0.2) is 23.3 Å². The summed E-state index contributed by atoms with van der Waals surface area (Å²) < 4.78 is 0. The molecule has 0 atom stereocenters. The molecule has 6 heteroatoms. The first-order chi connectivity index (χ1) is 10.3. The minimum atomic E-state index is 0.416. The van der Waals surface area contributed by atoms with Crippen LogP contribution >= 0.6 is 11.6 Å². The molecule has 3 rings (SSSR count). The van der Waals surface area contributed by atoms with Crippen LogP contribution in [-0.2, 0) is 0 Å². The fourth-order valence-corrected chi connectivity index (χ4v) is 3.12. The molecular formula is C15H18ClN5. The van der Waals surface area contributed by atoms with Crippen molar-refractivity contribution < 1.29 is 0 Å². The predicted molar refractivity (Wildman–Crippen MR) is 85.5 cm³/mol. The fraction of sp³-hybridized carbons (Fsp3) is 0.333. The number of hydrogen-bond donors (Lipinski definition) is 2. The molecule has 1 aliphatic rings. The van der Waals surface area contributed by atoms with E-state index in [-0.39, 0.29) is 0 Å². The van der Waals surface area contributed by atoms with Crippen molar-refractivity contribution >= 4 is 23.1 Å². The second-order valence-electron chi connectivity index (χ2n) is 5.21. The Morgan fingerprint density at radius 1 is 1.19 bits per heavy atom. The second kappa shape index (κ2) is 6.28. The van der Waals surface area contributed by atoms with Crippen molar-refractivity contribution in [1.82, 2.24) is 10.2 Å². The molecule has 1 saturated heterocycles. The molecule has 0 amide bonds. The summed E-state index contributed by atoms with van der Waals surface area (Å²) in [5.41, 5.74) is 4.79. The smallest absolute Gasteiger partial charge is 0.183 e. The van der Waals surface area contributed by atoms with Gasteiger partial charge in [-0.25, -0.2) is 5.84 Å². The van der Waals surface area contributed by atoms with Gasteiger partial charge in [0.2, 0.25) is 0 Å². The van der Waals surface area contributed by atoms with Gasteiger partial charge < -0.3 is 10.3 Å². The predicted octanol–water partition coefficient (Wildman–Crippen LogP) is 2.80. The van der Waals surface area contributed by atoms with Crippen molar-refractivity contribution in [2.45, 2.75) is 18.8 Å². The lowest BCUT2D eigenvalue weighted by Crippen LogP contribution is -2.33. The van der Waals surface area contributed by atoms with Gasteiger partial charge in [-0.2, -0.15) is 5.10 Å². The van der Waals surface area contributed by atoms with Crippen LogP contribution in [0.15, 0.2) is 36.5 Å². The Morgan fingerprint density at radius 2 is 1.90 bits per heavy atom. The molecule has 2 heterocycles. The summed E-state index contributed by atoms with van der Waals surface area (Å²) in [5, 5.41) is 8.35. The van der Waals surface area contributed by atoms with Gasteiger partial charge in [0.05, 0.1) is 11.9 Å². The molecule has 21 heavy (non-hydrogen) atoms. The zero-order chi connectivity index (χ0) is 14.7. The van der Waals surface area contributed by atoms with Gasteiger partial charge in [-0.3, -0.25) is 0 Å². The van der Waals surface area contributed by atoms with Gasteiger partial charge in [-0.05, 0) is 24.3 Å². The van der Waals surface area contributed by atoms with E-state index in [1.54, 1.807) is 6.20 Å². The van der Waals surface area contributed by atoms with Gasteiger partial charge in [0, 0.05) is 13.1 Å². The summed E-state index contributed by atoms with van der Waals surface area (Å²) in [7, 11) is 0. The highest BCUT2D eigenvalue weighted by molar-refractivity contribution is 6.35. The van der Waals surface area contributed by atoms with E-state index < -0.39 is 0 Å². The van der Waals surface area contributed by atoms with Crippen LogP contribution < -0.4 is 16.2 Å². The van der Waals surface area contributed by atoms with Gasteiger partial charge in [-0.1, -0.05) is 41.9 Å². The number of piperidine rings is 1. The first-order valence-corrected chi connectivity index (χ1v) is 7.45. The maximum Gasteiger partial charge on any atom is 0.183 e. The molecule has 1 aliphatic heterocycles. The largest absolute Gasteiger partial charge is 0.369 e. The summed E-state index contributed by atoms with van der Waals surface area (Å²) in [6.45, 7) is 1.91. The molecule has 2 aromatic rings. The van der Waals surface area contributed by atoms with Gasteiger partial charge in [0.25, 0.3) is 0 Å². The van der Waals surface area contributed by atoms with Crippen molar-refractivity contribution in [2.75, 3.05) is 23.4 Å². The standard InChI is InChI=1S/C15H18ClN5/c16-14-13(10-18-20-15(14)19-17)21-8-6-12(7-9-21)11-4-2-1-3-5-11/h1-5,10,12H,6-9,17H2,(H,19,20). The van der Waals surface area contributed by atoms with Crippen LogP contribution in [0.5, 0.6) is 0 Å². The maximum absolute atomic E-state index is 6.31. The Hall–Kier alpha value is -1.85. The van der Waals surface area contributed by atoms with Crippen LogP contribution in [0.4, 0.5) is 11.5 Å². The molecule has 0 bridgehead atoms. The highest BCUT2D eigenvalue weighted by Crippen LogP contribution is 2.34. The molecule has 0 spiro atoms. The molecule has 1 aromatic heterocycles. The van der Waals surface area contributed by atoms with Crippen molar-refractivity contribution in [1.29, 1.82) is 0 Å². The number of nitrogens with two attached hydrogens (primary N) is 1. The Balaban J connectivity index is 1.72. The van der Waals surface area contributed by atoms with Gasteiger partial charge in [0.15, 0.2) is 5.82 Å². The van der Waals surface area contributed by atoms with E-state index >= 15 is 0 Å². The topological polar surface area (TPSA) is 67.1 Å². The van der Waals surface area contributed by atoms with E-state index in [2.05, 4.69) is 50.9 Å². The van der Waals surface area contributed by atoms with Gasteiger partial charge in [0.1, 0.15) is 5.02 Å². The lowest BCUT2D eigenvalue weighted by atomic mass is 9.89. The third-order valence-corrected chi connectivity index (χ3v) is 4.39. The molecule has 3 N–H and O–H groups in total. The summed E-state index contributed by atoms with van der Waals surface area (Å²) in [6.07, 6.45) is 3.91. The normalized spacial score (nSPS) is 16.0. The highest BCUT2D eigenvalue weighted by Gasteiger charge is 2.23. The Bertz CT molecular complexity index is 596. The minimum Gasteiger partial charge on any atom is -0.369 e. The average Bonchev–Trinajstić information content (AvgIpc) is 2.56. The number of halogens is 1. The van der Waals surface area contributed by atoms with Crippen LogP contribution in [0.3, 0.4) is 0 Å². The molecule has 0 radical (unpaired) electrons. The number of hydrazine groups is 1. The number of nitrogens with zero attached hydrogens (tertiary/aromatic N) is 3. The third kappa shape index (κ3) is 2.94. The summed E-state index contributed by atoms with van der Waals surface area (Å²) in [6, 6.07) is 10.7.